The quantitative estimate of drug-likeness (QED) is 0.285. The number of aromatic hydroxyl groups is 1. The van der Waals surface area contributed by atoms with Crippen molar-refractivity contribution in [2.75, 3.05) is 0 Å². The van der Waals surface area contributed by atoms with Crippen molar-refractivity contribution in [2.24, 2.45) is 0 Å². The molecule has 0 bridgehead atoms. The fourth-order valence-corrected chi connectivity index (χ4v) is 5.06. The summed E-state index contributed by atoms with van der Waals surface area (Å²) in [5, 5.41) is 14.0. The number of hydrogen-bond acceptors (Lipinski definition) is 4. The zero-order valence-electron chi connectivity index (χ0n) is 21.0. The molecule has 0 amide bonds. The first-order valence-corrected chi connectivity index (χ1v) is 12.1. The molecule has 0 radical (unpaired) electrons. The van der Waals surface area contributed by atoms with Gasteiger partial charge in [-0.3, -0.25) is 4.57 Å². The number of ether oxygens (including phenoxy) is 1. The van der Waals surface area contributed by atoms with E-state index in [9.17, 15) is 5.11 Å². The van der Waals surface area contributed by atoms with Crippen molar-refractivity contribution in [1.29, 1.82) is 0 Å². The van der Waals surface area contributed by atoms with Crippen molar-refractivity contribution >= 4 is 32.7 Å². The maximum absolute atomic E-state index is 10.7. The summed E-state index contributed by atoms with van der Waals surface area (Å²) in [6.45, 7) is 10.1. The molecule has 36 heavy (non-hydrogen) atoms. The summed E-state index contributed by atoms with van der Waals surface area (Å²) in [7, 11) is 0. The molecule has 178 valence electrons. The fraction of sp³-hybridized carbons (Fsp3) is 0.161. The summed E-state index contributed by atoms with van der Waals surface area (Å²) < 4.78 is 8.58. The second kappa shape index (κ2) is 8.09. The van der Waals surface area contributed by atoms with Crippen LogP contribution in [0.1, 0.15) is 27.8 Å². The lowest BCUT2D eigenvalue weighted by molar-refractivity contribution is 0.456. The molecule has 3 aromatic heterocycles. The Morgan fingerprint density at radius 3 is 2.39 bits per heavy atom. The minimum absolute atomic E-state index is 0.201. The van der Waals surface area contributed by atoms with Gasteiger partial charge in [0.15, 0.2) is 0 Å². The van der Waals surface area contributed by atoms with Gasteiger partial charge in [0.05, 0.1) is 11.0 Å². The number of benzene rings is 3. The Labute approximate surface area is 209 Å². The van der Waals surface area contributed by atoms with E-state index < -0.39 is 0 Å². The highest BCUT2D eigenvalue weighted by Crippen LogP contribution is 2.39. The van der Waals surface area contributed by atoms with Gasteiger partial charge in [-0.05, 0) is 93.3 Å². The zero-order valence-corrected chi connectivity index (χ0v) is 21.0. The van der Waals surface area contributed by atoms with Gasteiger partial charge in [0, 0.05) is 34.0 Å². The molecule has 0 unspecified atom stereocenters. The van der Waals surface area contributed by atoms with Gasteiger partial charge in [0.1, 0.15) is 22.8 Å². The van der Waals surface area contributed by atoms with Crippen LogP contribution in [0.3, 0.4) is 0 Å². The lowest BCUT2D eigenvalue weighted by Gasteiger charge is -2.13. The van der Waals surface area contributed by atoms with Crippen LogP contribution in [0.4, 0.5) is 0 Å². The molecule has 3 aromatic carbocycles. The monoisotopic (exact) mass is 473 g/mol. The molecule has 0 atom stereocenters. The van der Waals surface area contributed by atoms with Crippen LogP contribution in [0, 0.1) is 34.6 Å². The van der Waals surface area contributed by atoms with Gasteiger partial charge in [-0.1, -0.05) is 18.2 Å². The van der Waals surface area contributed by atoms with E-state index in [2.05, 4.69) is 59.8 Å². The number of nitrogens with zero attached hydrogens (tertiary/aromatic N) is 3. The summed E-state index contributed by atoms with van der Waals surface area (Å²) in [6, 6.07) is 20.7. The molecule has 1 N–H and O–H groups in total. The van der Waals surface area contributed by atoms with Crippen LogP contribution in [0.25, 0.3) is 38.5 Å². The van der Waals surface area contributed by atoms with E-state index >= 15 is 0 Å². The maximum atomic E-state index is 10.7. The van der Waals surface area contributed by atoms with Crippen LogP contribution in [0.2, 0.25) is 0 Å². The Morgan fingerprint density at radius 2 is 1.61 bits per heavy atom. The van der Waals surface area contributed by atoms with Gasteiger partial charge < -0.3 is 9.84 Å². The predicted octanol–water partition coefficient (Wildman–Crippen LogP) is 7.77. The Bertz CT molecular complexity index is 1820. The molecule has 0 spiro atoms. The number of phenols is 1. The van der Waals surface area contributed by atoms with Gasteiger partial charge in [-0.2, -0.15) is 0 Å². The van der Waals surface area contributed by atoms with Crippen molar-refractivity contribution in [3.8, 4) is 23.2 Å². The van der Waals surface area contributed by atoms with Gasteiger partial charge in [-0.15, -0.1) is 0 Å². The average molecular weight is 474 g/mol. The summed E-state index contributed by atoms with van der Waals surface area (Å²) in [5.74, 6) is 2.23. The van der Waals surface area contributed by atoms with Gasteiger partial charge in [0.2, 0.25) is 5.88 Å². The molecule has 0 aliphatic carbocycles. The Kier molecular flexibility index (Phi) is 4.97. The Hall–Kier alpha value is -4.38. The molecule has 3 heterocycles. The van der Waals surface area contributed by atoms with E-state index in [1.165, 1.54) is 16.3 Å². The zero-order chi connectivity index (χ0) is 25.1. The number of aromatic nitrogens is 3. The summed E-state index contributed by atoms with van der Waals surface area (Å²) >= 11 is 0. The first-order chi connectivity index (χ1) is 17.3. The van der Waals surface area contributed by atoms with Gasteiger partial charge in [0.25, 0.3) is 0 Å². The van der Waals surface area contributed by atoms with Crippen LogP contribution in [-0.2, 0) is 0 Å². The first-order valence-electron chi connectivity index (χ1n) is 12.1. The standard InChI is InChI=1S/C31H27N3O2/c1-17-9-10-24-25(12-17)34(27-8-6-7-11-32-27)26-16-23(15-19(3)28(24)26)36-31-20(4)14-22-13-18(2)21(5)30(35)29(22)33-31/h6-16,35H,1-5H3. The third kappa shape index (κ3) is 3.39. The highest BCUT2D eigenvalue weighted by atomic mass is 16.5. The minimum Gasteiger partial charge on any atom is -0.505 e. The van der Waals surface area contributed by atoms with Crippen molar-refractivity contribution in [2.45, 2.75) is 34.6 Å². The van der Waals surface area contributed by atoms with Gasteiger partial charge in [-0.25, -0.2) is 9.97 Å². The van der Waals surface area contributed by atoms with Crippen LogP contribution >= 0.6 is 0 Å². The van der Waals surface area contributed by atoms with Crippen LogP contribution < -0.4 is 4.74 Å². The SMILES string of the molecule is Cc1ccc2c3c(C)cc(Oc4nc5c(O)c(C)c(C)cc5cc4C)cc3n(-c3ccccn3)c2c1. The van der Waals surface area contributed by atoms with E-state index in [1.54, 1.807) is 0 Å². The molecule has 5 heteroatoms. The number of pyridine rings is 2. The van der Waals surface area contributed by atoms with Crippen molar-refractivity contribution in [3.05, 3.63) is 94.7 Å². The van der Waals surface area contributed by atoms with Crippen LogP contribution in [0.15, 0.2) is 66.9 Å². The topological polar surface area (TPSA) is 60.2 Å². The maximum Gasteiger partial charge on any atom is 0.222 e. The minimum atomic E-state index is 0.201. The molecular formula is C31H27N3O2. The predicted molar refractivity (Wildman–Crippen MR) is 146 cm³/mol. The van der Waals surface area contributed by atoms with E-state index in [4.69, 9.17) is 9.72 Å². The number of phenolic OH excluding ortho intramolecular Hbond substituents is 1. The van der Waals surface area contributed by atoms with Crippen molar-refractivity contribution < 1.29 is 9.84 Å². The first kappa shape index (κ1) is 22.1. The molecule has 6 rings (SSSR count). The molecule has 6 aromatic rings. The normalized spacial score (nSPS) is 11.6. The molecule has 0 aliphatic rings. The molecule has 0 fully saturated rings. The second-order valence-corrected chi connectivity index (χ2v) is 9.63. The smallest absolute Gasteiger partial charge is 0.222 e. The van der Waals surface area contributed by atoms with Gasteiger partial charge >= 0.3 is 0 Å². The third-order valence-corrected chi connectivity index (χ3v) is 7.02. The molecule has 0 saturated heterocycles. The molecular weight excluding hydrogens is 446 g/mol. The highest BCUT2D eigenvalue weighted by molar-refractivity contribution is 6.11. The highest BCUT2D eigenvalue weighted by Gasteiger charge is 2.18. The third-order valence-electron chi connectivity index (χ3n) is 7.02. The van der Waals surface area contributed by atoms with Crippen molar-refractivity contribution in [1.82, 2.24) is 14.5 Å². The molecule has 5 nitrogen and oxygen atoms in total. The number of hydrogen-bond donors (Lipinski definition) is 1. The number of aryl methyl sites for hydroxylation is 4. The lowest BCUT2D eigenvalue weighted by atomic mass is 10.0. The summed E-state index contributed by atoms with van der Waals surface area (Å²) in [5.41, 5.74) is 7.76. The average Bonchev–Trinajstić information content (AvgIpc) is 3.18. The number of fused-ring (bicyclic) bond motifs is 4. The van der Waals surface area contributed by atoms with E-state index in [-0.39, 0.29) is 5.75 Å². The summed E-state index contributed by atoms with van der Waals surface area (Å²) in [6.07, 6.45) is 1.81. The number of rotatable bonds is 3. The molecule has 0 aliphatic heterocycles. The van der Waals surface area contributed by atoms with Crippen molar-refractivity contribution in [3.63, 3.8) is 0 Å². The van der Waals surface area contributed by atoms with E-state index in [0.29, 0.717) is 17.1 Å². The van der Waals surface area contributed by atoms with Crippen LogP contribution in [-0.4, -0.2) is 19.6 Å². The largest absolute Gasteiger partial charge is 0.505 e. The second-order valence-electron chi connectivity index (χ2n) is 9.63. The Balaban J connectivity index is 1.57. The molecule has 0 saturated carbocycles. The lowest BCUT2D eigenvalue weighted by Crippen LogP contribution is -1.98. The summed E-state index contributed by atoms with van der Waals surface area (Å²) in [4.78, 5) is 9.37. The Morgan fingerprint density at radius 1 is 0.806 bits per heavy atom. The van der Waals surface area contributed by atoms with E-state index in [0.717, 1.165) is 44.5 Å². The van der Waals surface area contributed by atoms with Crippen LogP contribution in [0.5, 0.6) is 17.4 Å². The van der Waals surface area contributed by atoms with E-state index in [1.807, 2.05) is 51.2 Å². The fourth-order valence-electron chi connectivity index (χ4n) is 5.06.